The van der Waals surface area contributed by atoms with E-state index in [0.717, 1.165) is 65.0 Å². The minimum Gasteiger partial charge on any atom is -0.381 e. The minimum atomic E-state index is 0.0464. The van der Waals surface area contributed by atoms with Crippen molar-refractivity contribution in [3.8, 4) is 6.07 Å². The Morgan fingerprint density at radius 1 is 1.00 bits per heavy atom. The Balaban J connectivity index is 1.72. The highest BCUT2D eigenvalue weighted by molar-refractivity contribution is 4.67. The van der Waals surface area contributed by atoms with Gasteiger partial charge >= 0.3 is 0 Å². The van der Waals surface area contributed by atoms with E-state index in [1.165, 1.54) is 12.8 Å². The summed E-state index contributed by atoms with van der Waals surface area (Å²) >= 11 is 0. The van der Waals surface area contributed by atoms with E-state index in [-0.39, 0.29) is 6.29 Å². The molecule has 0 radical (unpaired) electrons. The van der Waals surface area contributed by atoms with E-state index in [2.05, 4.69) is 6.07 Å². The molecule has 1 atom stereocenters. The summed E-state index contributed by atoms with van der Waals surface area (Å²) in [5.41, 5.74) is 0. The molecule has 19 heavy (non-hydrogen) atoms. The smallest absolute Gasteiger partial charge is 0.157 e. The number of unbranched alkanes of at least 4 members (excludes halogenated alkanes) is 4. The Morgan fingerprint density at radius 3 is 2.53 bits per heavy atom. The third-order valence-corrected chi connectivity index (χ3v) is 3.20. The maximum absolute atomic E-state index is 8.37. The zero-order valence-corrected chi connectivity index (χ0v) is 11.9. The van der Waals surface area contributed by atoms with Gasteiger partial charge in [0.2, 0.25) is 0 Å². The molecular weight excluding hydrogens is 242 g/mol. The van der Waals surface area contributed by atoms with Crippen molar-refractivity contribution in [1.82, 2.24) is 0 Å². The van der Waals surface area contributed by atoms with Gasteiger partial charge in [-0.05, 0) is 51.4 Å². The molecule has 1 aliphatic heterocycles. The van der Waals surface area contributed by atoms with Crippen LogP contribution in [0.15, 0.2) is 0 Å². The molecular formula is C15H27NO3. The van der Waals surface area contributed by atoms with Gasteiger partial charge in [0.1, 0.15) is 0 Å². The van der Waals surface area contributed by atoms with Crippen LogP contribution in [0.5, 0.6) is 0 Å². The van der Waals surface area contributed by atoms with Crippen molar-refractivity contribution in [1.29, 1.82) is 5.26 Å². The second kappa shape index (κ2) is 12.4. The summed E-state index contributed by atoms with van der Waals surface area (Å²) in [6.45, 7) is 3.26. The van der Waals surface area contributed by atoms with Crippen molar-refractivity contribution < 1.29 is 14.2 Å². The maximum atomic E-state index is 8.37. The van der Waals surface area contributed by atoms with Gasteiger partial charge in [0, 0.05) is 32.8 Å². The molecule has 1 heterocycles. The quantitative estimate of drug-likeness (QED) is 0.539. The average molecular weight is 269 g/mol. The molecule has 0 amide bonds. The molecule has 110 valence electrons. The van der Waals surface area contributed by atoms with Crippen LogP contribution in [0, 0.1) is 11.3 Å². The van der Waals surface area contributed by atoms with E-state index in [4.69, 9.17) is 19.5 Å². The highest BCUT2D eigenvalue weighted by Crippen LogP contribution is 2.14. The molecule has 0 aromatic rings. The Kier molecular flexibility index (Phi) is 10.7. The van der Waals surface area contributed by atoms with Crippen LogP contribution in [-0.4, -0.2) is 32.7 Å². The zero-order valence-electron chi connectivity index (χ0n) is 11.9. The number of rotatable bonds is 11. The Hall–Kier alpha value is -0.630. The molecule has 0 spiro atoms. The molecule has 1 unspecified atom stereocenters. The lowest BCUT2D eigenvalue weighted by Gasteiger charge is -2.22. The van der Waals surface area contributed by atoms with Crippen LogP contribution in [-0.2, 0) is 14.2 Å². The fraction of sp³-hybridized carbons (Fsp3) is 0.933. The number of nitriles is 1. The summed E-state index contributed by atoms with van der Waals surface area (Å²) in [6.07, 6.45) is 9.40. The maximum Gasteiger partial charge on any atom is 0.157 e. The van der Waals surface area contributed by atoms with Gasteiger partial charge in [-0.2, -0.15) is 5.26 Å². The van der Waals surface area contributed by atoms with Gasteiger partial charge in [0.25, 0.3) is 0 Å². The Morgan fingerprint density at radius 2 is 1.79 bits per heavy atom. The summed E-state index contributed by atoms with van der Waals surface area (Å²) in [7, 11) is 0. The molecule has 1 fully saturated rings. The second-order valence-corrected chi connectivity index (χ2v) is 4.96. The van der Waals surface area contributed by atoms with Crippen LogP contribution in [0.4, 0.5) is 0 Å². The first kappa shape index (κ1) is 16.4. The lowest BCUT2D eigenvalue weighted by atomic mass is 10.2. The molecule has 0 aromatic carbocycles. The predicted octanol–water partition coefficient (Wildman–Crippen LogP) is 3.41. The van der Waals surface area contributed by atoms with Crippen LogP contribution in [0.2, 0.25) is 0 Å². The molecule has 0 aliphatic carbocycles. The van der Waals surface area contributed by atoms with Crippen molar-refractivity contribution >= 4 is 0 Å². The molecule has 1 aliphatic rings. The van der Waals surface area contributed by atoms with Gasteiger partial charge in [0.05, 0.1) is 6.07 Å². The van der Waals surface area contributed by atoms with Crippen molar-refractivity contribution in [3.05, 3.63) is 0 Å². The molecule has 4 heteroatoms. The summed E-state index contributed by atoms with van der Waals surface area (Å²) < 4.78 is 16.7. The molecule has 0 bridgehead atoms. The van der Waals surface area contributed by atoms with E-state index in [9.17, 15) is 0 Å². The lowest BCUT2D eigenvalue weighted by molar-refractivity contribution is -0.162. The van der Waals surface area contributed by atoms with Crippen molar-refractivity contribution in [3.63, 3.8) is 0 Å². The topological polar surface area (TPSA) is 51.5 Å². The molecule has 4 nitrogen and oxygen atoms in total. The van der Waals surface area contributed by atoms with Crippen molar-refractivity contribution in [2.24, 2.45) is 0 Å². The van der Waals surface area contributed by atoms with Gasteiger partial charge < -0.3 is 14.2 Å². The fourth-order valence-corrected chi connectivity index (χ4v) is 2.05. The summed E-state index contributed by atoms with van der Waals surface area (Å²) in [5.74, 6) is 0. The zero-order chi connectivity index (χ0) is 13.6. The molecule has 1 saturated heterocycles. The SMILES string of the molecule is N#CCCCCOCCCCCOC1CCCCO1. The van der Waals surface area contributed by atoms with Crippen LogP contribution in [0.1, 0.15) is 57.8 Å². The van der Waals surface area contributed by atoms with E-state index < -0.39 is 0 Å². The minimum absolute atomic E-state index is 0.0464. The third-order valence-electron chi connectivity index (χ3n) is 3.20. The van der Waals surface area contributed by atoms with E-state index >= 15 is 0 Å². The first-order chi connectivity index (χ1) is 9.43. The van der Waals surface area contributed by atoms with Crippen LogP contribution in [0.25, 0.3) is 0 Å². The van der Waals surface area contributed by atoms with Crippen molar-refractivity contribution in [2.75, 3.05) is 26.4 Å². The Bertz CT molecular complexity index is 234. The van der Waals surface area contributed by atoms with Gasteiger partial charge in [0.15, 0.2) is 6.29 Å². The van der Waals surface area contributed by atoms with Crippen LogP contribution >= 0.6 is 0 Å². The molecule has 0 N–H and O–H groups in total. The average Bonchev–Trinajstić information content (AvgIpc) is 2.46. The fourth-order valence-electron chi connectivity index (χ4n) is 2.05. The highest BCUT2D eigenvalue weighted by Gasteiger charge is 2.13. The first-order valence-corrected chi connectivity index (χ1v) is 7.61. The molecule has 0 saturated carbocycles. The predicted molar refractivity (Wildman–Crippen MR) is 73.7 cm³/mol. The molecule has 1 rings (SSSR count). The largest absolute Gasteiger partial charge is 0.381 e. The number of nitrogens with zero attached hydrogens (tertiary/aromatic N) is 1. The molecule has 0 aromatic heterocycles. The highest BCUT2D eigenvalue weighted by atomic mass is 16.7. The lowest BCUT2D eigenvalue weighted by Crippen LogP contribution is -2.22. The van der Waals surface area contributed by atoms with Crippen molar-refractivity contribution in [2.45, 2.75) is 64.1 Å². The summed E-state index contributed by atoms with van der Waals surface area (Å²) in [4.78, 5) is 0. The monoisotopic (exact) mass is 269 g/mol. The van der Waals surface area contributed by atoms with E-state index in [1.807, 2.05) is 0 Å². The van der Waals surface area contributed by atoms with Gasteiger partial charge in [-0.25, -0.2) is 0 Å². The normalized spacial score (nSPS) is 19.2. The van der Waals surface area contributed by atoms with E-state index in [0.29, 0.717) is 6.42 Å². The Labute approximate surface area is 117 Å². The second-order valence-electron chi connectivity index (χ2n) is 4.96. The third kappa shape index (κ3) is 9.89. The first-order valence-electron chi connectivity index (χ1n) is 7.61. The van der Waals surface area contributed by atoms with Gasteiger partial charge in [-0.1, -0.05) is 0 Å². The summed E-state index contributed by atoms with van der Waals surface area (Å²) in [5, 5.41) is 8.37. The van der Waals surface area contributed by atoms with Gasteiger partial charge in [-0.3, -0.25) is 0 Å². The number of hydrogen-bond donors (Lipinski definition) is 0. The number of ether oxygens (including phenoxy) is 3. The standard InChI is InChI=1S/C15H27NO3/c16-10-4-1-5-11-17-12-6-2-7-13-18-15-9-3-8-14-19-15/h15H,1-9,11-14H2. The summed E-state index contributed by atoms with van der Waals surface area (Å²) in [6, 6.07) is 2.14. The van der Waals surface area contributed by atoms with E-state index in [1.54, 1.807) is 0 Å². The van der Waals surface area contributed by atoms with Crippen LogP contribution < -0.4 is 0 Å². The number of hydrogen-bond acceptors (Lipinski definition) is 4. The van der Waals surface area contributed by atoms with Gasteiger partial charge in [-0.15, -0.1) is 0 Å². The van der Waals surface area contributed by atoms with Crippen LogP contribution in [0.3, 0.4) is 0 Å².